The first kappa shape index (κ1) is 14.8. The van der Waals surface area contributed by atoms with Crippen LogP contribution in [0, 0.1) is 0 Å². The van der Waals surface area contributed by atoms with Crippen molar-refractivity contribution in [3.63, 3.8) is 0 Å². The van der Waals surface area contributed by atoms with Crippen LogP contribution in [0.2, 0.25) is 0 Å². The number of aromatic nitrogens is 3. The monoisotopic (exact) mass is 283 g/mol. The highest BCUT2D eigenvalue weighted by Crippen LogP contribution is 2.19. The summed E-state index contributed by atoms with van der Waals surface area (Å²) in [5.74, 6) is 3.54. The van der Waals surface area contributed by atoms with Gasteiger partial charge in [-0.1, -0.05) is 6.92 Å². The van der Waals surface area contributed by atoms with Crippen LogP contribution in [0.3, 0.4) is 0 Å². The number of hydrogen-bond donors (Lipinski definition) is 1. The van der Waals surface area contributed by atoms with Crippen LogP contribution in [0.25, 0.3) is 0 Å². The minimum atomic E-state index is 0.456. The van der Waals surface area contributed by atoms with E-state index < -0.39 is 0 Å². The van der Waals surface area contributed by atoms with Gasteiger partial charge in [0.2, 0.25) is 0 Å². The smallest absolute Gasteiger partial charge is 0.138 e. The molecule has 108 valence electrons. The van der Waals surface area contributed by atoms with Gasteiger partial charge in [0, 0.05) is 43.1 Å². The summed E-state index contributed by atoms with van der Waals surface area (Å²) in [4.78, 5) is 6.90. The summed E-state index contributed by atoms with van der Waals surface area (Å²) >= 11 is 2.06. The molecule has 5 nitrogen and oxygen atoms in total. The number of thioether (sulfide) groups is 1. The highest BCUT2D eigenvalue weighted by atomic mass is 32.2. The van der Waals surface area contributed by atoms with E-state index in [0.717, 1.165) is 25.3 Å². The molecule has 0 spiro atoms. The summed E-state index contributed by atoms with van der Waals surface area (Å²) in [5.41, 5.74) is 0. The molecule has 2 atom stereocenters. The van der Waals surface area contributed by atoms with E-state index in [1.807, 2.05) is 4.68 Å². The molecule has 0 radical (unpaired) electrons. The van der Waals surface area contributed by atoms with Gasteiger partial charge in [0.1, 0.15) is 12.2 Å². The fraction of sp³-hybridized carbons (Fsp3) is 0.846. The molecule has 6 heteroatoms. The molecule has 0 bridgehead atoms. The Kier molecular flexibility index (Phi) is 5.66. The molecule has 1 aromatic rings. The summed E-state index contributed by atoms with van der Waals surface area (Å²) in [6.07, 6.45) is 2.62. The second kappa shape index (κ2) is 7.26. The normalized spacial score (nSPS) is 22.6. The molecule has 1 fully saturated rings. The molecule has 1 N–H and O–H groups in total. The standard InChI is InChI=1S/C13H25N5S/c1-4-14-11(12-9-19-7-6-17(12)3)8-13-15-10-16-18(13)5-2/h10-12,14H,4-9H2,1-3H3. The van der Waals surface area contributed by atoms with Crippen molar-refractivity contribution in [1.29, 1.82) is 0 Å². The summed E-state index contributed by atoms with van der Waals surface area (Å²) < 4.78 is 2.00. The first-order valence-corrected chi connectivity index (χ1v) is 8.29. The van der Waals surface area contributed by atoms with Gasteiger partial charge in [0.05, 0.1) is 0 Å². The first-order valence-electron chi connectivity index (χ1n) is 7.14. The number of nitrogens with zero attached hydrogens (tertiary/aromatic N) is 4. The third kappa shape index (κ3) is 3.70. The van der Waals surface area contributed by atoms with Gasteiger partial charge in [-0.2, -0.15) is 16.9 Å². The van der Waals surface area contributed by atoms with Gasteiger partial charge in [-0.25, -0.2) is 4.98 Å². The fourth-order valence-corrected chi connectivity index (χ4v) is 3.95. The van der Waals surface area contributed by atoms with Crippen LogP contribution in [0.4, 0.5) is 0 Å². The molecule has 0 saturated carbocycles. The Morgan fingerprint density at radius 3 is 3.05 bits per heavy atom. The van der Waals surface area contributed by atoms with Gasteiger partial charge in [-0.3, -0.25) is 4.68 Å². The number of likely N-dealkylation sites (N-methyl/N-ethyl adjacent to an activating group) is 2. The van der Waals surface area contributed by atoms with E-state index in [1.54, 1.807) is 6.33 Å². The van der Waals surface area contributed by atoms with Crippen molar-refractivity contribution in [3.05, 3.63) is 12.2 Å². The van der Waals surface area contributed by atoms with Crippen LogP contribution in [0.5, 0.6) is 0 Å². The van der Waals surface area contributed by atoms with Crippen LogP contribution < -0.4 is 5.32 Å². The molecule has 2 unspecified atom stereocenters. The van der Waals surface area contributed by atoms with Crippen molar-refractivity contribution >= 4 is 11.8 Å². The minimum Gasteiger partial charge on any atom is -0.312 e. The summed E-state index contributed by atoms with van der Waals surface area (Å²) in [5, 5.41) is 7.91. The maximum absolute atomic E-state index is 4.42. The van der Waals surface area contributed by atoms with Crippen LogP contribution in [0.1, 0.15) is 19.7 Å². The second-order valence-electron chi connectivity index (χ2n) is 4.98. The first-order chi connectivity index (χ1) is 9.26. The zero-order chi connectivity index (χ0) is 13.7. The minimum absolute atomic E-state index is 0.456. The van der Waals surface area contributed by atoms with E-state index in [4.69, 9.17) is 0 Å². The fourth-order valence-electron chi connectivity index (χ4n) is 2.64. The Hall–Kier alpha value is -0.590. The van der Waals surface area contributed by atoms with Gasteiger partial charge in [0.25, 0.3) is 0 Å². The molecule has 19 heavy (non-hydrogen) atoms. The second-order valence-corrected chi connectivity index (χ2v) is 6.13. The lowest BCUT2D eigenvalue weighted by Gasteiger charge is -2.38. The van der Waals surface area contributed by atoms with Gasteiger partial charge in [-0.05, 0) is 20.5 Å². The molecule has 2 heterocycles. The predicted octanol–water partition coefficient (Wildman–Crippen LogP) is 0.866. The maximum atomic E-state index is 4.42. The molecule has 1 saturated heterocycles. The lowest BCUT2D eigenvalue weighted by Crippen LogP contribution is -2.53. The van der Waals surface area contributed by atoms with Crippen LogP contribution >= 0.6 is 11.8 Å². The molecule has 1 aromatic heterocycles. The van der Waals surface area contributed by atoms with Crippen LogP contribution in [-0.2, 0) is 13.0 Å². The van der Waals surface area contributed by atoms with Crippen molar-refractivity contribution in [2.24, 2.45) is 0 Å². The average Bonchev–Trinajstić information content (AvgIpc) is 2.86. The maximum Gasteiger partial charge on any atom is 0.138 e. The third-order valence-electron chi connectivity index (χ3n) is 3.77. The zero-order valence-electron chi connectivity index (χ0n) is 12.2. The Balaban J connectivity index is 2.06. The summed E-state index contributed by atoms with van der Waals surface area (Å²) in [7, 11) is 2.24. The average molecular weight is 283 g/mol. The van der Waals surface area contributed by atoms with Gasteiger partial charge in [0.15, 0.2) is 0 Å². The van der Waals surface area contributed by atoms with Crippen molar-refractivity contribution in [3.8, 4) is 0 Å². The largest absolute Gasteiger partial charge is 0.312 e. The molecule has 0 aliphatic carbocycles. The number of nitrogens with one attached hydrogen (secondary N) is 1. The lowest BCUT2D eigenvalue weighted by molar-refractivity contribution is 0.212. The van der Waals surface area contributed by atoms with Crippen LogP contribution in [-0.4, -0.2) is 63.4 Å². The Morgan fingerprint density at radius 1 is 1.53 bits per heavy atom. The molecular weight excluding hydrogens is 258 g/mol. The third-order valence-corrected chi connectivity index (χ3v) is 4.82. The highest BCUT2D eigenvalue weighted by Gasteiger charge is 2.28. The molecule has 0 amide bonds. The van der Waals surface area contributed by atoms with E-state index >= 15 is 0 Å². The van der Waals surface area contributed by atoms with Gasteiger partial charge in [-0.15, -0.1) is 0 Å². The van der Waals surface area contributed by atoms with E-state index in [0.29, 0.717) is 12.1 Å². The van der Waals surface area contributed by atoms with Crippen LogP contribution in [0.15, 0.2) is 6.33 Å². The lowest BCUT2D eigenvalue weighted by atomic mass is 10.0. The molecular formula is C13H25N5S. The summed E-state index contributed by atoms with van der Waals surface area (Å²) in [6.45, 7) is 7.36. The van der Waals surface area contributed by atoms with Crippen molar-refractivity contribution < 1.29 is 0 Å². The summed E-state index contributed by atoms with van der Waals surface area (Å²) in [6, 6.07) is 1.04. The van der Waals surface area contributed by atoms with E-state index in [1.165, 1.54) is 18.1 Å². The molecule has 1 aliphatic heterocycles. The molecule has 1 aliphatic rings. The zero-order valence-corrected chi connectivity index (χ0v) is 13.0. The number of aryl methyl sites for hydroxylation is 1. The highest BCUT2D eigenvalue weighted by molar-refractivity contribution is 7.99. The van der Waals surface area contributed by atoms with Crippen molar-refractivity contribution in [2.45, 2.75) is 38.9 Å². The van der Waals surface area contributed by atoms with E-state index in [9.17, 15) is 0 Å². The quantitative estimate of drug-likeness (QED) is 0.839. The van der Waals surface area contributed by atoms with E-state index in [2.05, 4.69) is 53.0 Å². The Morgan fingerprint density at radius 2 is 2.37 bits per heavy atom. The SMILES string of the molecule is CCNC(Cc1ncnn1CC)C1CSCCN1C. The molecule has 0 aromatic carbocycles. The van der Waals surface area contributed by atoms with E-state index in [-0.39, 0.29) is 0 Å². The Bertz CT molecular complexity index is 381. The van der Waals surface area contributed by atoms with Crippen molar-refractivity contribution in [2.75, 3.05) is 31.6 Å². The molecule has 2 rings (SSSR count). The van der Waals surface area contributed by atoms with Gasteiger partial charge < -0.3 is 10.2 Å². The number of rotatable bonds is 6. The predicted molar refractivity (Wildman–Crippen MR) is 80.6 cm³/mol. The topological polar surface area (TPSA) is 46.0 Å². The Labute approximate surface area is 120 Å². The van der Waals surface area contributed by atoms with Crippen molar-refractivity contribution in [1.82, 2.24) is 25.0 Å². The van der Waals surface area contributed by atoms with Gasteiger partial charge >= 0.3 is 0 Å². The number of hydrogen-bond acceptors (Lipinski definition) is 5.